The Morgan fingerprint density at radius 2 is 1.96 bits per heavy atom. The van der Waals surface area contributed by atoms with Crippen molar-refractivity contribution in [2.75, 3.05) is 13.2 Å². The molecule has 1 N–H and O–H groups in total. The van der Waals surface area contributed by atoms with E-state index in [9.17, 15) is 9.59 Å². The minimum Gasteiger partial charge on any atom is -0.381 e. The molecule has 3 saturated heterocycles. The molecular formula is C21H31N3O4. The zero-order valence-electron chi connectivity index (χ0n) is 17.1. The second kappa shape index (κ2) is 7.50. The average Bonchev–Trinajstić information content (AvgIpc) is 3.36. The number of hydrogen-bond acceptors (Lipinski definition) is 5. The van der Waals surface area contributed by atoms with Crippen LogP contribution in [0, 0.1) is 19.3 Å². The van der Waals surface area contributed by atoms with Crippen molar-refractivity contribution in [1.29, 1.82) is 0 Å². The Kier molecular flexibility index (Phi) is 5.21. The van der Waals surface area contributed by atoms with E-state index >= 15 is 0 Å². The summed E-state index contributed by atoms with van der Waals surface area (Å²) in [6, 6.07) is 0.351. The van der Waals surface area contributed by atoms with E-state index < -0.39 is 5.41 Å². The van der Waals surface area contributed by atoms with E-state index in [1.54, 1.807) is 0 Å². The molecule has 154 valence electrons. The van der Waals surface area contributed by atoms with Gasteiger partial charge < -0.3 is 19.5 Å². The Morgan fingerprint density at radius 3 is 2.61 bits per heavy atom. The number of hydrogen-bond donors (Lipinski definition) is 1. The summed E-state index contributed by atoms with van der Waals surface area (Å²) >= 11 is 0. The van der Waals surface area contributed by atoms with Crippen molar-refractivity contribution in [3.63, 3.8) is 0 Å². The molecule has 3 aliphatic rings. The van der Waals surface area contributed by atoms with Crippen LogP contribution in [-0.4, -0.2) is 53.2 Å². The summed E-state index contributed by atoms with van der Waals surface area (Å²) < 4.78 is 10.6. The number of fused-ring (bicyclic) bond motifs is 2. The second-order valence-corrected chi connectivity index (χ2v) is 8.60. The van der Waals surface area contributed by atoms with Gasteiger partial charge in [0, 0.05) is 36.9 Å². The number of carbonyl (C=O) groups excluding carboxylic acids is 2. The predicted octanol–water partition coefficient (Wildman–Crippen LogP) is 2.29. The summed E-state index contributed by atoms with van der Waals surface area (Å²) in [6.45, 7) is 7.21. The monoisotopic (exact) mass is 389 g/mol. The summed E-state index contributed by atoms with van der Waals surface area (Å²) in [5.74, 6) is 0.928. The van der Waals surface area contributed by atoms with Crippen LogP contribution < -0.4 is 5.32 Å². The first-order valence-electron chi connectivity index (χ1n) is 10.6. The van der Waals surface area contributed by atoms with E-state index in [4.69, 9.17) is 9.26 Å². The van der Waals surface area contributed by atoms with Crippen molar-refractivity contribution in [3.8, 4) is 0 Å². The smallest absolute Gasteiger partial charge is 0.228 e. The lowest BCUT2D eigenvalue weighted by atomic mass is 9.71. The van der Waals surface area contributed by atoms with E-state index in [1.165, 1.54) is 0 Å². The van der Waals surface area contributed by atoms with Gasteiger partial charge in [0.1, 0.15) is 5.76 Å². The van der Waals surface area contributed by atoms with Crippen LogP contribution in [0.3, 0.4) is 0 Å². The van der Waals surface area contributed by atoms with Crippen molar-refractivity contribution < 1.29 is 18.8 Å². The van der Waals surface area contributed by atoms with Crippen molar-refractivity contribution in [1.82, 2.24) is 15.4 Å². The molecule has 4 rings (SSSR count). The van der Waals surface area contributed by atoms with Gasteiger partial charge in [0.05, 0.1) is 17.5 Å². The standard InChI is InChI=1S/C21H31N3O4/c1-4-21(20(26)22-15-7-9-27-10-8-15)12-16-5-6-18(21)24(16)19(25)11-17-13(2)23-28-14(17)3/h15-16,18H,4-12H2,1-3H3,(H,22,26)/t16-,18+,21+/m1/s1. The van der Waals surface area contributed by atoms with Gasteiger partial charge in [0.2, 0.25) is 11.8 Å². The first-order chi connectivity index (χ1) is 13.5. The maximum atomic E-state index is 13.3. The van der Waals surface area contributed by atoms with Crippen molar-refractivity contribution >= 4 is 11.8 Å². The molecule has 4 heterocycles. The van der Waals surface area contributed by atoms with E-state index in [0.29, 0.717) is 25.4 Å². The molecule has 3 atom stereocenters. The number of aromatic nitrogens is 1. The normalized spacial score (nSPS) is 30.0. The predicted molar refractivity (Wildman–Crippen MR) is 103 cm³/mol. The molecule has 0 aromatic carbocycles. The molecule has 3 fully saturated rings. The van der Waals surface area contributed by atoms with Gasteiger partial charge in [-0.05, 0) is 52.4 Å². The summed E-state index contributed by atoms with van der Waals surface area (Å²) in [5, 5.41) is 7.25. The average molecular weight is 389 g/mol. The van der Waals surface area contributed by atoms with Crippen LogP contribution in [0.15, 0.2) is 4.52 Å². The lowest BCUT2D eigenvalue weighted by Gasteiger charge is -2.37. The zero-order valence-corrected chi connectivity index (χ0v) is 17.1. The van der Waals surface area contributed by atoms with E-state index in [1.807, 2.05) is 18.7 Å². The van der Waals surface area contributed by atoms with Crippen LogP contribution in [0.5, 0.6) is 0 Å². The van der Waals surface area contributed by atoms with E-state index in [0.717, 1.165) is 49.8 Å². The third kappa shape index (κ3) is 3.13. The molecule has 0 spiro atoms. The highest BCUT2D eigenvalue weighted by Gasteiger charge is 2.60. The maximum absolute atomic E-state index is 13.3. The molecule has 0 radical (unpaired) electrons. The first kappa shape index (κ1) is 19.4. The Bertz CT molecular complexity index is 735. The third-order valence-electron chi connectivity index (χ3n) is 7.18. The first-order valence-corrected chi connectivity index (χ1v) is 10.6. The van der Waals surface area contributed by atoms with Gasteiger partial charge >= 0.3 is 0 Å². The highest BCUT2D eigenvalue weighted by Crippen LogP contribution is 2.52. The van der Waals surface area contributed by atoms with Gasteiger partial charge in [-0.25, -0.2) is 0 Å². The Morgan fingerprint density at radius 1 is 1.21 bits per heavy atom. The van der Waals surface area contributed by atoms with Crippen LogP contribution >= 0.6 is 0 Å². The molecule has 1 aromatic rings. The van der Waals surface area contributed by atoms with Crippen LogP contribution in [0.2, 0.25) is 0 Å². The molecule has 0 saturated carbocycles. The SMILES string of the molecule is CC[C@]1(C(=O)NC2CCOCC2)C[C@H]2CC[C@@H]1N2C(=O)Cc1c(C)noc1C. The number of carbonyl (C=O) groups is 2. The van der Waals surface area contributed by atoms with Gasteiger partial charge in [0.15, 0.2) is 0 Å². The molecule has 3 aliphatic heterocycles. The van der Waals surface area contributed by atoms with Crippen LogP contribution in [0.1, 0.15) is 62.5 Å². The fourth-order valence-electron chi connectivity index (χ4n) is 5.51. The molecule has 2 amide bonds. The van der Waals surface area contributed by atoms with E-state index in [-0.39, 0.29) is 29.9 Å². The summed E-state index contributed by atoms with van der Waals surface area (Å²) in [6.07, 6.45) is 5.48. The number of ether oxygens (including phenoxy) is 1. The Labute approximate surface area is 166 Å². The molecule has 7 heteroatoms. The fraction of sp³-hybridized carbons (Fsp3) is 0.762. The number of nitrogens with zero attached hydrogens (tertiary/aromatic N) is 2. The lowest BCUT2D eigenvalue weighted by molar-refractivity contribution is -0.137. The van der Waals surface area contributed by atoms with Crippen molar-refractivity contribution in [2.45, 2.75) is 83.8 Å². The van der Waals surface area contributed by atoms with Gasteiger partial charge in [-0.15, -0.1) is 0 Å². The highest BCUT2D eigenvalue weighted by atomic mass is 16.5. The minimum atomic E-state index is -0.463. The second-order valence-electron chi connectivity index (χ2n) is 8.60. The zero-order chi connectivity index (χ0) is 19.9. The number of nitrogens with one attached hydrogen (secondary N) is 1. The molecule has 0 unspecified atom stereocenters. The molecule has 1 aromatic heterocycles. The van der Waals surface area contributed by atoms with Gasteiger partial charge in [-0.1, -0.05) is 12.1 Å². The van der Waals surface area contributed by atoms with Crippen molar-refractivity contribution in [2.24, 2.45) is 5.41 Å². The minimum absolute atomic E-state index is 0.00434. The number of amides is 2. The molecule has 2 bridgehead atoms. The van der Waals surface area contributed by atoms with Crippen LogP contribution in [-0.2, 0) is 20.7 Å². The quantitative estimate of drug-likeness (QED) is 0.835. The highest BCUT2D eigenvalue weighted by molar-refractivity contribution is 5.88. The topological polar surface area (TPSA) is 84.7 Å². The van der Waals surface area contributed by atoms with Gasteiger partial charge in [-0.3, -0.25) is 9.59 Å². The number of aryl methyl sites for hydroxylation is 2. The summed E-state index contributed by atoms with van der Waals surface area (Å²) in [5.41, 5.74) is 1.19. The molecule has 0 aliphatic carbocycles. The molecular weight excluding hydrogens is 358 g/mol. The van der Waals surface area contributed by atoms with Gasteiger partial charge in [-0.2, -0.15) is 0 Å². The van der Waals surface area contributed by atoms with Crippen LogP contribution in [0.4, 0.5) is 0 Å². The number of rotatable bonds is 5. The lowest BCUT2D eigenvalue weighted by Crippen LogP contribution is -2.53. The fourth-order valence-corrected chi connectivity index (χ4v) is 5.51. The van der Waals surface area contributed by atoms with E-state index in [2.05, 4.69) is 17.4 Å². The van der Waals surface area contributed by atoms with Crippen molar-refractivity contribution in [3.05, 3.63) is 17.0 Å². The summed E-state index contributed by atoms with van der Waals surface area (Å²) in [4.78, 5) is 28.6. The molecule has 28 heavy (non-hydrogen) atoms. The summed E-state index contributed by atoms with van der Waals surface area (Å²) in [7, 11) is 0. The third-order valence-corrected chi connectivity index (χ3v) is 7.18. The molecule has 7 nitrogen and oxygen atoms in total. The van der Waals surface area contributed by atoms with Crippen LogP contribution in [0.25, 0.3) is 0 Å². The maximum Gasteiger partial charge on any atom is 0.228 e. The Balaban J connectivity index is 1.50. The van der Waals surface area contributed by atoms with Gasteiger partial charge in [0.25, 0.3) is 0 Å². The largest absolute Gasteiger partial charge is 0.381 e. The Hall–Kier alpha value is -1.89.